The third-order valence-corrected chi connectivity index (χ3v) is 4.45. The van der Waals surface area contributed by atoms with E-state index in [0.29, 0.717) is 18.4 Å². The second kappa shape index (κ2) is 8.05. The number of hydrogen-bond donors (Lipinski definition) is 3. The van der Waals surface area contributed by atoms with E-state index in [4.69, 9.17) is 0 Å². The van der Waals surface area contributed by atoms with Crippen LogP contribution in [0.5, 0.6) is 0 Å². The number of fused-ring (bicyclic) bond motifs is 1. The highest BCUT2D eigenvalue weighted by molar-refractivity contribution is 6.02. The first kappa shape index (κ1) is 18.5. The summed E-state index contributed by atoms with van der Waals surface area (Å²) in [7, 11) is 0. The largest absolute Gasteiger partial charge is 0.368 e. The molecule has 2 aromatic heterocycles. The molecule has 0 atom stereocenters. The Hall–Kier alpha value is -3.81. The number of aromatic nitrogens is 3. The van der Waals surface area contributed by atoms with Gasteiger partial charge < -0.3 is 15.6 Å². The van der Waals surface area contributed by atoms with Crippen molar-refractivity contribution in [2.45, 2.75) is 6.42 Å². The SMILES string of the molecule is O=C(Nc1ccc(F)cc1F)c1ccc(NCCc2c[nH]c3ccccc23)nn1. The van der Waals surface area contributed by atoms with Crippen molar-refractivity contribution >= 4 is 28.3 Å². The molecule has 0 saturated heterocycles. The van der Waals surface area contributed by atoms with Gasteiger partial charge in [0, 0.05) is 29.7 Å². The number of nitrogens with one attached hydrogen (secondary N) is 3. The Labute approximate surface area is 165 Å². The molecule has 1 amide bonds. The molecule has 4 aromatic rings. The number of amides is 1. The number of halogens is 2. The Morgan fingerprint density at radius 3 is 2.69 bits per heavy atom. The van der Waals surface area contributed by atoms with Crippen molar-refractivity contribution in [3.63, 3.8) is 0 Å². The average Bonchev–Trinajstić information content (AvgIpc) is 3.14. The fourth-order valence-corrected chi connectivity index (χ4v) is 2.99. The molecular weight excluding hydrogens is 376 g/mol. The van der Waals surface area contributed by atoms with E-state index in [1.165, 1.54) is 17.0 Å². The molecule has 0 aliphatic carbocycles. The van der Waals surface area contributed by atoms with E-state index < -0.39 is 17.5 Å². The van der Waals surface area contributed by atoms with E-state index in [0.717, 1.165) is 24.1 Å². The molecule has 0 unspecified atom stereocenters. The highest BCUT2D eigenvalue weighted by Crippen LogP contribution is 2.18. The van der Waals surface area contributed by atoms with Crippen molar-refractivity contribution in [3.8, 4) is 0 Å². The number of hydrogen-bond acceptors (Lipinski definition) is 4. The molecule has 0 bridgehead atoms. The first-order valence-corrected chi connectivity index (χ1v) is 8.99. The first-order valence-electron chi connectivity index (χ1n) is 8.99. The van der Waals surface area contributed by atoms with Crippen molar-refractivity contribution in [2.75, 3.05) is 17.2 Å². The smallest absolute Gasteiger partial charge is 0.276 e. The number of carbonyl (C=O) groups is 1. The van der Waals surface area contributed by atoms with Gasteiger partial charge in [0.1, 0.15) is 17.5 Å². The van der Waals surface area contributed by atoms with Crippen LogP contribution in [-0.4, -0.2) is 27.6 Å². The molecule has 2 heterocycles. The van der Waals surface area contributed by atoms with Crippen molar-refractivity contribution < 1.29 is 13.6 Å². The van der Waals surface area contributed by atoms with Crippen LogP contribution in [0.1, 0.15) is 16.1 Å². The van der Waals surface area contributed by atoms with Crippen LogP contribution in [0, 0.1) is 11.6 Å². The predicted molar refractivity (Wildman–Crippen MR) is 107 cm³/mol. The maximum Gasteiger partial charge on any atom is 0.276 e. The highest BCUT2D eigenvalue weighted by atomic mass is 19.1. The van der Waals surface area contributed by atoms with Crippen LogP contribution >= 0.6 is 0 Å². The van der Waals surface area contributed by atoms with E-state index in [2.05, 4.69) is 31.9 Å². The van der Waals surface area contributed by atoms with Crippen LogP contribution in [0.15, 0.2) is 60.8 Å². The number of carbonyl (C=O) groups excluding carboxylic acids is 1. The summed E-state index contributed by atoms with van der Waals surface area (Å²) in [4.78, 5) is 15.4. The molecule has 2 aromatic carbocycles. The Bertz CT molecular complexity index is 1160. The molecule has 0 radical (unpaired) electrons. The van der Waals surface area contributed by atoms with Gasteiger partial charge in [0.05, 0.1) is 5.69 Å². The van der Waals surface area contributed by atoms with Gasteiger partial charge in [-0.3, -0.25) is 4.79 Å². The lowest BCUT2D eigenvalue weighted by molar-refractivity contribution is 0.102. The quantitative estimate of drug-likeness (QED) is 0.460. The molecule has 0 aliphatic rings. The zero-order chi connectivity index (χ0) is 20.2. The minimum Gasteiger partial charge on any atom is -0.368 e. The number of rotatable bonds is 6. The molecule has 4 rings (SSSR count). The molecule has 29 heavy (non-hydrogen) atoms. The normalized spacial score (nSPS) is 10.8. The standard InChI is InChI=1S/C21H17F2N5O/c22-14-5-6-18(16(23)11-14)26-21(29)19-7-8-20(28-27-19)24-10-9-13-12-25-17-4-2-1-3-15(13)17/h1-8,11-12,25H,9-10H2,(H,24,28)(H,26,29). The maximum absolute atomic E-state index is 13.6. The zero-order valence-corrected chi connectivity index (χ0v) is 15.2. The second-order valence-electron chi connectivity index (χ2n) is 6.42. The molecular formula is C21H17F2N5O. The lowest BCUT2D eigenvalue weighted by Crippen LogP contribution is -2.16. The van der Waals surface area contributed by atoms with Gasteiger partial charge in [0.15, 0.2) is 5.69 Å². The van der Waals surface area contributed by atoms with Crippen molar-refractivity contribution in [1.82, 2.24) is 15.2 Å². The number of aromatic amines is 1. The number of anilines is 2. The van der Waals surface area contributed by atoms with Crippen LogP contribution in [0.2, 0.25) is 0 Å². The van der Waals surface area contributed by atoms with Crippen LogP contribution in [0.25, 0.3) is 10.9 Å². The van der Waals surface area contributed by atoms with Crippen LogP contribution in [0.3, 0.4) is 0 Å². The summed E-state index contributed by atoms with van der Waals surface area (Å²) < 4.78 is 26.6. The number of H-pyrrole nitrogens is 1. The molecule has 0 fully saturated rings. The topological polar surface area (TPSA) is 82.7 Å². The molecule has 3 N–H and O–H groups in total. The molecule has 0 spiro atoms. The summed E-state index contributed by atoms with van der Waals surface area (Å²) in [6, 6.07) is 14.1. The summed E-state index contributed by atoms with van der Waals surface area (Å²) in [6.45, 7) is 0.642. The average molecular weight is 393 g/mol. The monoisotopic (exact) mass is 393 g/mol. The maximum atomic E-state index is 13.6. The Morgan fingerprint density at radius 1 is 1.03 bits per heavy atom. The number of benzene rings is 2. The van der Waals surface area contributed by atoms with E-state index in [9.17, 15) is 13.6 Å². The van der Waals surface area contributed by atoms with E-state index in [1.54, 1.807) is 6.07 Å². The highest BCUT2D eigenvalue weighted by Gasteiger charge is 2.12. The second-order valence-corrected chi connectivity index (χ2v) is 6.42. The first-order chi connectivity index (χ1) is 14.1. The van der Waals surface area contributed by atoms with Crippen LogP contribution < -0.4 is 10.6 Å². The Balaban J connectivity index is 1.34. The number of para-hydroxylation sites is 1. The van der Waals surface area contributed by atoms with Crippen LogP contribution in [0.4, 0.5) is 20.3 Å². The van der Waals surface area contributed by atoms with Gasteiger partial charge in [-0.25, -0.2) is 8.78 Å². The molecule has 0 saturated carbocycles. The van der Waals surface area contributed by atoms with E-state index in [1.807, 2.05) is 24.4 Å². The van der Waals surface area contributed by atoms with Gasteiger partial charge in [0.25, 0.3) is 5.91 Å². The van der Waals surface area contributed by atoms with Crippen molar-refractivity contribution in [3.05, 3.63) is 83.7 Å². The third-order valence-electron chi connectivity index (χ3n) is 4.45. The molecule has 6 nitrogen and oxygen atoms in total. The summed E-state index contributed by atoms with van der Waals surface area (Å²) in [5.41, 5.74) is 2.18. The summed E-state index contributed by atoms with van der Waals surface area (Å²) in [5, 5.41) is 14.5. The summed E-state index contributed by atoms with van der Waals surface area (Å²) in [6.07, 6.45) is 2.78. The Morgan fingerprint density at radius 2 is 1.90 bits per heavy atom. The number of nitrogens with zero attached hydrogens (tertiary/aromatic N) is 2. The van der Waals surface area contributed by atoms with Crippen LogP contribution in [-0.2, 0) is 6.42 Å². The van der Waals surface area contributed by atoms with Gasteiger partial charge in [-0.2, -0.15) is 0 Å². The summed E-state index contributed by atoms with van der Waals surface area (Å²) >= 11 is 0. The fourth-order valence-electron chi connectivity index (χ4n) is 2.99. The van der Waals surface area contributed by atoms with E-state index in [-0.39, 0.29) is 11.4 Å². The lowest BCUT2D eigenvalue weighted by atomic mass is 10.1. The summed E-state index contributed by atoms with van der Waals surface area (Å²) in [5.74, 6) is -1.69. The molecule has 0 aliphatic heterocycles. The third kappa shape index (κ3) is 4.21. The van der Waals surface area contributed by atoms with Gasteiger partial charge in [-0.05, 0) is 42.3 Å². The Kier molecular flexibility index (Phi) is 5.15. The predicted octanol–water partition coefficient (Wildman–Crippen LogP) is 4.14. The van der Waals surface area contributed by atoms with Gasteiger partial charge in [-0.1, -0.05) is 18.2 Å². The van der Waals surface area contributed by atoms with Crippen molar-refractivity contribution in [1.29, 1.82) is 0 Å². The molecule has 8 heteroatoms. The minimum atomic E-state index is -0.859. The fraction of sp³-hybridized carbons (Fsp3) is 0.0952. The zero-order valence-electron chi connectivity index (χ0n) is 15.2. The minimum absolute atomic E-state index is 0.0240. The lowest BCUT2D eigenvalue weighted by Gasteiger charge is -2.07. The molecule has 146 valence electrons. The van der Waals surface area contributed by atoms with Gasteiger partial charge >= 0.3 is 0 Å². The van der Waals surface area contributed by atoms with Gasteiger partial charge in [0.2, 0.25) is 0 Å². The van der Waals surface area contributed by atoms with Crippen molar-refractivity contribution in [2.24, 2.45) is 0 Å². The van der Waals surface area contributed by atoms with E-state index >= 15 is 0 Å². The van der Waals surface area contributed by atoms with Gasteiger partial charge in [-0.15, -0.1) is 10.2 Å².